The molecule has 7 heteroatoms. The first-order valence-corrected chi connectivity index (χ1v) is 7.05. The predicted octanol–water partition coefficient (Wildman–Crippen LogP) is 3.45. The third-order valence-corrected chi connectivity index (χ3v) is 3.24. The highest BCUT2D eigenvalue weighted by molar-refractivity contribution is 6.30. The van der Waals surface area contributed by atoms with E-state index in [1.807, 2.05) is 30.3 Å². The number of carbonyl (C=O) groups is 1. The average Bonchev–Trinajstić information content (AvgIpc) is 3.02. The molecular weight excluding hydrogens is 320 g/mol. The minimum absolute atomic E-state index is 0.0113. The van der Waals surface area contributed by atoms with Crippen LogP contribution in [0.5, 0.6) is 5.75 Å². The van der Waals surface area contributed by atoms with Crippen LogP contribution in [0.2, 0.25) is 5.02 Å². The molecule has 1 heterocycles. The van der Waals surface area contributed by atoms with E-state index in [4.69, 9.17) is 20.9 Å². The fourth-order valence-corrected chi connectivity index (χ4v) is 2.07. The van der Waals surface area contributed by atoms with Crippen LogP contribution in [0, 0.1) is 0 Å². The lowest BCUT2D eigenvalue weighted by molar-refractivity contribution is 0.0426. The molecule has 0 radical (unpaired) electrons. The zero-order valence-electron chi connectivity index (χ0n) is 11.8. The van der Waals surface area contributed by atoms with Gasteiger partial charge in [0.2, 0.25) is 5.82 Å². The van der Waals surface area contributed by atoms with E-state index in [9.17, 15) is 9.90 Å². The van der Waals surface area contributed by atoms with Crippen molar-refractivity contribution in [3.63, 3.8) is 0 Å². The number of phenols is 1. The van der Waals surface area contributed by atoms with Crippen molar-refractivity contribution in [1.82, 2.24) is 10.1 Å². The molecule has 0 saturated carbocycles. The Balaban J connectivity index is 1.67. The van der Waals surface area contributed by atoms with Crippen LogP contribution in [0.25, 0.3) is 11.4 Å². The molecule has 0 spiro atoms. The summed E-state index contributed by atoms with van der Waals surface area (Å²) in [5.74, 6) is -0.395. The number of ether oxygens (including phenoxy) is 1. The summed E-state index contributed by atoms with van der Waals surface area (Å²) in [4.78, 5) is 16.1. The van der Waals surface area contributed by atoms with Gasteiger partial charge in [0.1, 0.15) is 11.3 Å². The number of carbonyl (C=O) groups excluding carboxylic acids is 1. The number of phenolic OH excluding ortho intramolecular Hbond substituents is 1. The number of nitrogens with zero attached hydrogens (tertiary/aromatic N) is 2. The first-order chi connectivity index (χ1) is 11.1. The second-order valence-electron chi connectivity index (χ2n) is 4.62. The van der Waals surface area contributed by atoms with Crippen molar-refractivity contribution in [2.75, 3.05) is 0 Å². The summed E-state index contributed by atoms with van der Waals surface area (Å²) in [5.41, 5.74) is 0.807. The van der Waals surface area contributed by atoms with Crippen LogP contribution in [0.1, 0.15) is 16.2 Å². The minimum atomic E-state index is -0.710. The second-order valence-corrected chi connectivity index (χ2v) is 5.05. The Morgan fingerprint density at radius 2 is 2.00 bits per heavy atom. The van der Waals surface area contributed by atoms with Crippen LogP contribution in [0.15, 0.2) is 53.1 Å². The molecule has 0 amide bonds. The molecule has 0 bridgehead atoms. The van der Waals surface area contributed by atoms with Crippen molar-refractivity contribution >= 4 is 17.6 Å². The van der Waals surface area contributed by atoms with Crippen LogP contribution < -0.4 is 0 Å². The molecule has 3 rings (SSSR count). The van der Waals surface area contributed by atoms with Crippen LogP contribution in [-0.2, 0) is 11.3 Å². The summed E-state index contributed by atoms with van der Waals surface area (Å²) in [5, 5.41) is 13.8. The Hall–Kier alpha value is -2.86. The molecule has 116 valence electrons. The van der Waals surface area contributed by atoms with Crippen molar-refractivity contribution < 1.29 is 19.2 Å². The molecule has 0 fully saturated rings. The van der Waals surface area contributed by atoms with Crippen LogP contribution >= 0.6 is 11.6 Å². The highest BCUT2D eigenvalue weighted by Crippen LogP contribution is 2.23. The first-order valence-electron chi connectivity index (χ1n) is 6.67. The highest BCUT2D eigenvalue weighted by Gasteiger charge is 2.15. The molecular formula is C16H11ClN2O4. The van der Waals surface area contributed by atoms with E-state index in [2.05, 4.69) is 10.1 Å². The van der Waals surface area contributed by atoms with Crippen LogP contribution in [0.3, 0.4) is 0 Å². The number of hydrogen-bond acceptors (Lipinski definition) is 6. The summed E-state index contributed by atoms with van der Waals surface area (Å²) in [6.45, 7) is -0.194. The molecule has 0 aliphatic carbocycles. The minimum Gasteiger partial charge on any atom is -0.507 e. The fourth-order valence-electron chi connectivity index (χ4n) is 1.90. The van der Waals surface area contributed by atoms with Gasteiger partial charge in [-0.15, -0.1) is 0 Å². The number of aromatic nitrogens is 2. The standard InChI is InChI=1S/C16H11ClN2O4/c17-11-6-7-12(13(20)8-11)16(21)22-9-14-18-15(19-23-14)10-4-2-1-3-5-10/h1-8,20H,9H2. The number of aromatic hydroxyl groups is 1. The smallest absolute Gasteiger partial charge is 0.342 e. The maximum atomic E-state index is 11.9. The maximum Gasteiger partial charge on any atom is 0.342 e. The molecule has 0 saturated heterocycles. The third-order valence-electron chi connectivity index (χ3n) is 3.01. The van der Waals surface area contributed by atoms with Crippen molar-refractivity contribution in [3.8, 4) is 17.1 Å². The largest absolute Gasteiger partial charge is 0.507 e. The number of benzene rings is 2. The predicted molar refractivity (Wildman–Crippen MR) is 82.0 cm³/mol. The van der Waals surface area contributed by atoms with Gasteiger partial charge < -0.3 is 14.4 Å². The van der Waals surface area contributed by atoms with Gasteiger partial charge in [0.05, 0.1) is 0 Å². The number of halogens is 1. The summed E-state index contributed by atoms with van der Waals surface area (Å²) in [7, 11) is 0. The summed E-state index contributed by atoms with van der Waals surface area (Å²) >= 11 is 5.71. The quantitative estimate of drug-likeness (QED) is 0.737. The van der Waals surface area contributed by atoms with Crippen LogP contribution in [0.4, 0.5) is 0 Å². The van der Waals surface area contributed by atoms with Crippen LogP contribution in [-0.4, -0.2) is 21.2 Å². The molecule has 3 aromatic rings. The maximum absolute atomic E-state index is 11.9. The Kier molecular flexibility index (Phi) is 4.25. The Morgan fingerprint density at radius 1 is 1.22 bits per heavy atom. The molecule has 0 atom stereocenters. The topological polar surface area (TPSA) is 85.5 Å². The zero-order valence-corrected chi connectivity index (χ0v) is 12.5. The van der Waals surface area contributed by atoms with Gasteiger partial charge in [-0.2, -0.15) is 4.98 Å². The van der Waals surface area contributed by atoms with Gasteiger partial charge >= 0.3 is 5.97 Å². The van der Waals surface area contributed by atoms with Crippen molar-refractivity contribution in [2.24, 2.45) is 0 Å². The zero-order chi connectivity index (χ0) is 16.2. The lowest BCUT2D eigenvalue weighted by Crippen LogP contribution is -2.05. The van der Waals surface area contributed by atoms with Gasteiger partial charge in [0, 0.05) is 10.6 Å². The number of esters is 1. The molecule has 23 heavy (non-hydrogen) atoms. The summed E-state index contributed by atoms with van der Waals surface area (Å²) < 4.78 is 10.1. The molecule has 0 unspecified atom stereocenters. The van der Waals surface area contributed by atoms with Crippen molar-refractivity contribution in [1.29, 1.82) is 0 Å². The van der Waals surface area contributed by atoms with Crippen molar-refractivity contribution in [3.05, 3.63) is 65.0 Å². The van der Waals surface area contributed by atoms with Gasteiger partial charge in [-0.05, 0) is 18.2 Å². The number of hydrogen-bond donors (Lipinski definition) is 1. The molecule has 1 aromatic heterocycles. The monoisotopic (exact) mass is 330 g/mol. The molecule has 2 aromatic carbocycles. The van der Waals surface area contributed by atoms with Gasteiger partial charge in [-0.3, -0.25) is 0 Å². The Labute approximate surface area is 136 Å². The van der Waals surface area contributed by atoms with Gasteiger partial charge in [0.25, 0.3) is 5.89 Å². The summed E-state index contributed by atoms with van der Waals surface area (Å²) in [6, 6.07) is 13.4. The summed E-state index contributed by atoms with van der Waals surface area (Å²) in [6.07, 6.45) is 0. The van der Waals surface area contributed by atoms with Gasteiger partial charge in [-0.25, -0.2) is 4.79 Å². The Bertz CT molecular complexity index is 833. The average molecular weight is 331 g/mol. The normalized spacial score (nSPS) is 10.5. The van der Waals surface area contributed by atoms with E-state index in [0.29, 0.717) is 10.8 Å². The molecule has 0 aliphatic rings. The van der Waals surface area contributed by atoms with E-state index in [1.54, 1.807) is 0 Å². The van der Waals surface area contributed by atoms with E-state index >= 15 is 0 Å². The SMILES string of the molecule is O=C(OCc1nc(-c2ccccc2)no1)c1ccc(Cl)cc1O. The van der Waals surface area contributed by atoms with Crippen molar-refractivity contribution in [2.45, 2.75) is 6.61 Å². The Morgan fingerprint density at radius 3 is 2.74 bits per heavy atom. The van der Waals surface area contributed by atoms with E-state index in [0.717, 1.165) is 5.56 Å². The van der Waals surface area contributed by atoms with Gasteiger partial charge in [-0.1, -0.05) is 47.1 Å². The molecule has 1 N–H and O–H groups in total. The molecule has 6 nitrogen and oxygen atoms in total. The molecule has 0 aliphatic heterocycles. The third kappa shape index (κ3) is 3.49. The first kappa shape index (κ1) is 15.1. The highest BCUT2D eigenvalue weighted by atomic mass is 35.5. The second kappa shape index (κ2) is 6.50. The van der Waals surface area contributed by atoms with E-state index in [-0.39, 0.29) is 23.8 Å². The fraction of sp³-hybridized carbons (Fsp3) is 0.0625. The lowest BCUT2D eigenvalue weighted by atomic mass is 10.2. The van der Waals surface area contributed by atoms with E-state index < -0.39 is 5.97 Å². The van der Waals surface area contributed by atoms with E-state index in [1.165, 1.54) is 18.2 Å². The number of rotatable bonds is 4. The van der Waals surface area contributed by atoms with Gasteiger partial charge in [0.15, 0.2) is 6.61 Å². The lowest BCUT2D eigenvalue weighted by Gasteiger charge is -2.04.